The average molecular weight is 754 g/mol. The van der Waals surface area contributed by atoms with Crippen molar-refractivity contribution in [2.45, 2.75) is 63.5 Å². The number of nitrogens with two attached hydrogens (primary N) is 1. The maximum Gasteiger partial charge on any atom is 0.262 e. The van der Waals surface area contributed by atoms with Gasteiger partial charge in [-0.3, -0.25) is 14.4 Å². The third kappa shape index (κ3) is 9.97. The van der Waals surface area contributed by atoms with E-state index in [9.17, 15) is 27.6 Å². The molecule has 2 fully saturated rings. The van der Waals surface area contributed by atoms with Gasteiger partial charge in [-0.2, -0.15) is 5.21 Å². The number of hydrogen-bond donors (Lipinski definition) is 6. The Labute approximate surface area is 311 Å². The van der Waals surface area contributed by atoms with Crippen LogP contribution in [0, 0.1) is 24.6 Å². The first-order valence-electron chi connectivity index (χ1n) is 17.4. The number of nitrogens with zero attached hydrogens (tertiary/aromatic N) is 3. The normalized spacial score (nSPS) is 20.1. The van der Waals surface area contributed by atoms with Crippen molar-refractivity contribution in [1.29, 1.82) is 0 Å². The van der Waals surface area contributed by atoms with E-state index in [4.69, 9.17) is 5.73 Å². The monoisotopic (exact) mass is 753 g/mol. The molecule has 282 valence electrons. The summed E-state index contributed by atoms with van der Waals surface area (Å²) in [6, 6.07) is 15.2. The molecule has 2 heterocycles. The van der Waals surface area contributed by atoms with Crippen molar-refractivity contribution in [1.82, 2.24) is 36.6 Å². The summed E-state index contributed by atoms with van der Waals surface area (Å²) in [6.07, 6.45) is 2.83. The van der Waals surface area contributed by atoms with Gasteiger partial charge < -0.3 is 27.0 Å². The Morgan fingerprint density at radius 3 is 2.38 bits per heavy atom. The van der Waals surface area contributed by atoms with Crippen LogP contribution in [0.5, 0.6) is 0 Å². The minimum atomic E-state index is -2.87. The van der Waals surface area contributed by atoms with Crippen molar-refractivity contribution in [3.63, 3.8) is 0 Å². The number of H-pyrrole nitrogens is 1. The van der Waals surface area contributed by atoms with E-state index in [0.717, 1.165) is 41.2 Å². The zero-order chi connectivity index (χ0) is 36.8. The number of alkyl halides is 2. The number of tetrazole rings is 1. The lowest BCUT2D eigenvalue weighted by Crippen LogP contribution is -2.53. The number of halogens is 4. The number of piperidine rings is 1. The van der Waals surface area contributed by atoms with E-state index in [1.165, 1.54) is 12.1 Å². The molecule has 0 radical (unpaired) electrons. The number of aryl methyl sites for hydroxylation is 1. The third-order valence-corrected chi connectivity index (χ3v) is 9.85. The highest BCUT2D eigenvalue weighted by Crippen LogP contribution is 2.30. The van der Waals surface area contributed by atoms with Crippen molar-refractivity contribution in [3.8, 4) is 22.5 Å². The van der Waals surface area contributed by atoms with Gasteiger partial charge in [-0.05, 0) is 103 Å². The number of hydrogen-bond acceptors (Lipinski definition) is 8. The number of amides is 3. The second-order valence-electron chi connectivity index (χ2n) is 13.7. The summed E-state index contributed by atoms with van der Waals surface area (Å²) in [4.78, 5) is 39.9. The van der Waals surface area contributed by atoms with Gasteiger partial charge in [0.25, 0.3) is 11.8 Å². The lowest BCUT2D eigenvalue weighted by molar-refractivity contribution is -0.130. The van der Waals surface area contributed by atoms with Gasteiger partial charge in [0.1, 0.15) is 11.9 Å². The quantitative estimate of drug-likeness (QED) is 0.129. The fraction of sp³-hybridized carbons (Fsp3) is 0.405. The maximum atomic E-state index is 14.9. The van der Waals surface area contributed by atoms with Crippen LogP contribution in [0.2, 0.25) is 0 Å². The summed E-state index contributed by atoms with van der Waals surface area (Å²) in [5, 5.41) is 24.4. The van der Waals surface area contributed by atoms with Gasteiger partial charge in [0, 0.05) is 42.6 Å². The van der Waals surface area contributed by atoms with Gasteiger partial charge in [0.15, 0.2) is 0 Å². The van der Waals surface area contributed by atoms with Gasteiger partial charge in [-0.15, -0.1) is 22.6 Å². The molecule has 16 heteroatoms. The first-order valence-corrected chi connectivity index (χ1v) is 17.4. The number of carbonyl (C=O) groups excluding carboxylic acids is 3. The molecule has 12 nitrogen and oxygen atoms in total. The van der Waals surface area contributed by atoms with Crippen LogP contribution in [-0.2, 0) is 16.0 Å². The standard InChI is InChI=1S/C37H42F3N9O3.ClH/c1-21-14-26(35(51)44-28-17-37(39,40)20-42-19-28)10-12-29(21)24-6-2-22(3-7-24)15-32(45-34(50)25-8-4-23(18-41)5-9-25)36(52)43-27-11-13-30(31(38)16-27)33-46-48-49-47-33;/h2-3,6-7,10-14,16,23,25,28,32,42H,4-5,8-9,15,17-20,41H2,1H3,(H,43,52)(H,44,51)(H,45,50)(H,46,47,48,49);1H/t23-,25-,28?,32-;/m0./s1. The van der Waals surface area contributed by atoms with E-state index in [1.807, 2.05) is 37.3 Å². The van der Waals surface area contributed by atoms with E-state index >= 15 is 0 Å². The van der Waals surface area contributed by atoms with Crippen LogP contribution in [0.15, 0.2) is 60.7 Å². The molecule has 1 aliphatic carbocycles. The molecule has 4 aromatic rings. The Kier molecular flexibility index (Phi) is 12.9. The molecule has 0 bridgehead atoms. The fourth-order valence-corrected chi connectivity index (χ4v) is 6.93. The van der Waals surface area contributed by atoms with Gasteiger partial charge in [-0.25, -0.2) is 13.2 Å². The van der Waals surface area contributed by atoms with Gasteiger partial charge in [-0.1, -0.05) is 30.3 Å². The molecule has 7 N–H and O–H groups in total. The smallest absolute Gasteiger partial charge is 0.262 e. The molecule has 53 heavy (non-hydrogen) atoms. The SMILES string of the molecule is Cc1cc(C(=O)NC2CNCC(F)(F)C2)ccc1-c1ccc(C[C@H](NC(=O)[C@H]2CC[C@H](CN)CC2)C(=O)Nc2ccc(-c3nn[nH]n3)c(F)c2)cc1.Cl. The molecular weight excluding hydrogens is 711 g/mol. The minimum absolute atomic E-state index is 0. The first kappa shape index (κ1) is 39.3. The molecule has 6 rings (SSSR count). The van der Waals surface area contributed by atoms with E-state index in [-0.39, 0.29) is 54.3 Å². The Hall–Kier alpha value is -4.86. The highest BCUT2D eigenvalue weighted by Gasteiger charge is 2.37. The van der Waals surface area contributed by atoms with Crippen LogP contribution in [0.3, 0.4) is 0 Å². The maximum absolute atomic E-state index is 14.9. The summed E-state index contributed by atoms with van der Waals surface area (Å²) < 4.78 is 42.5. The highest BCUT2D eigenvalue weighted by molar-refractivity contribution is 5.98. The van der Waals surface area contributed by atoms with Gasteiger partial charge >= 0.3 is 0 Å². The average Bonchev–Trinajstić information content (AvgIpc) is 3.66. The Morgan fingerprint density at radius 1 is 1.00 bits per heavy atom. The molecule has 2 atom stereocenters. The van der Waals surface area contributed by atoms with Crippen LogP contribution >= 0.6 is 12.4 Å². The van der Waals surface area contributed by atoms with Crippen LogP contribution < -0.4 is 27.0 Å². The molecule has 3 aromatic carbocycles. The van der Waals surface area contributed by atoms with Gasteiger partial charge in [0.05, 0.1) is 12.1 Å². The van der Waals surface area contributed by atoms with Crippen molar-refractivity contribution in [2.24, 2.45) is 17.6 Å². The molecule has 0 spiro atoms. The highest BCUT2D eigenvalue weighted by atomic mass is 35.5. The number of benzene rings is 3. The van der Waals surface area contributed by atoms with Crippen LogP contribution in [-0.4, -0.2) is 76.0 Å². The summed E-state index contributed by atoms with van der Waals surface area (Å²) in [7, 11) is 0. The lowest BCUT2D eigenvalue weighted by Gasteiger charge is -2.30. The lowest BCUT2D eigenvalue weighted by atomic mass is 9.81. The van der Waals surface area contributed by atoms with Crippen molar-refractivity contribution < 1.29 is 27.6 Å². The summed E-state index contributed by atoms with van der Waals surface area (Å²) in [5.74, 6) is -4.42. The molecular formula is C37H43ClF3N9O3. The predicted molar refractivity (Wildman–Crippen MR) is 196 cm³/mol. The second-order valence-corrected chi connectivity index (χ2v) is 13.7. The Bertz CT molecular complexity index is 1890. The Morgan fingerprint density at radius 2 is 1.74 bits per heavy atom. The summed E-state index contributed by atoms with van der Waals surface area (Å²) in [5.41, 5.74) is 9.86. The number of aromatic amines is 1. The van der Waals surface area contributed by atoms with E-state index in [1.54, 1.807) is 12.1 Å². The van der Waals surface area contributed by atoms with E-state index < -0.39 is 48.6 Å². The number of aromatic nitrogens is 4. The number of rotatable bonds is 11. The number of anilines is 1. The molecule has 1 saturated heterocycles. The number of nitrogens with one attached hydrogen (secondary N) is 5. The van der Waals surface area contributed by atoms with Crippen molar-refractivity contribution >= 4 is 35.8 Å². The van der Waals surface area contributed by atoms with Gasteiger partial charge in [0.2, 0.25) is 17.6 Å². The van der Waals surface area contributed by atoms with Crippen molar-refractivity contribution in [3.05, 3.63) is 83.2 Å². The van der Waals surface area contributed by atoms with Crippen molar-refractivity contribution in [2.75, 3.05) is 25.0 Å². The fourth-order valence-electron chi connectivity index (χ4n) is 6.93. The number of carbonyl (C=O) groups is 3. The molecule has 2 aliphatic rings. The molecule has 3 amide bonds. The predicted octanol–water partition coefficient (Wildman–Crippen LogP) is 4.56. The molecule has 1 aliphatic heterocycles. The van der Waals surface area contributed by atoms with Crippen LogP contribution in [0.4, 0.5) is 18.9 Å². The summed E-state index contributed by atoms with van der Waals surface area (Å²) >= 11 is 0. The zero-order valence-corrected chi connectivity index (χ0v) is 29.9. The Balaban J connectivity index is 0.00000541. The molecule has 1 saturated carbocycles. The topological polar surface area (TPSA) is 180 Å². The largest absolute Gasteiger partial charge is 0.348 e. The molecule has 1 aromatic heterocycles. The third-order valence-electron chi connectivity index (χ3n) is 9.85. The zero-order valence-electron chi connectivity index (χ0n) is 29.1. The van der Waals surface area contributed by atoms with E-state index in [2.05, 4.69) is 41.9 Å². The van der Waals surface area contributed by atoms with Crippen LogP contribution in [0.25, 0.3) is 22.5 Å². The van der Waals surface area contributed by atoms with E-state index in [0.29, 0.717) is 30.9 Å². The van der Waals surface area contributed by atoms with Crippen LogP contribution in [0.1, 0.15) is 53.6 Å². The first-order chi connectivity index (χ1) is 25.0. The summed E-state index contributed by atoms with van der Waals surface area (Å²) in [6.45, 7) is 2.33. The second kappa shape index (κ2) is 17.3. The molecule has 1 unspecified atom stereocenters. The minimum Gasteiger partial charge on any atom is -0.348 e.